The van der Waals surface area contributed by atoms with Crippen LogP contribution >= 0.6 is 11.8 Å². The van der Waals surface area contributed by atoms with Crippen molar-refractivity contribution in [3.05, 3.63) is 71.2 Å². The third-order valence-electron chi connectivity index (χ3n) is 6.69. The molecule has 4 rings (SSSR count). The molecule has 2 heterocycles. The Morgan fingerprint density at radius 3 is 2.70 bits per heavy atom. The number of nitrogens with one attached hydrogen (secondary N) is 1. The molecule has 0 amide bonds. The van der Waals surface area contributed by atoms with Crippen LogP contribution in [0.4, 0.5) is 4.39 Å². The maximum absolute atomic E-state index is 14.2. The molecular formula is C25H31FN2O3S2. The highest BCUT2D eigenvalue weighted by molar-refractivity contribution is 7.99. The van der Waals surface area contributed by atoms with E-state index in [1.54, 1.807) is 12.1 Å². The van der Waals surface area contributed by atoms with E-state index in [0.717, 1.165) is 36.8 Å². The number of hydrogen-bond acceptors (Lipinski definition) is 5. The maximum atomic E-state index is 14.2. The second-order valence-electron chi connectivity index (χ2n) is 8.92. The Labute approximate surface area is 199 Å². The van der Waals surface area contributed by atoms with Crippen molar-refractivity contribution in [2.75, 3.05) is 32.7 Å². The topological polar surface area (TPSA) is 62.4 Å². The number of aromatic amines is 1. The molecule has 0 saturated carbocycles. The first-order chi connectivity index (χ1) is 15.7. The molecule has 0 saturated heterocycles. The molecule has 2 aromatic carbocycles. The standard InChI is InChI=1S/C25H31FN2O3S2/c1-28(2)25(14-15-31-33(3,29)30,18-7-6-8-19(26)17-18)13-11-23-24-21(12-16-32-23)20-9-4-5-10-22(20)27-24/h4-10,17,23,27H,11-16H2,1-3H3. The maximum Gasteiger partial charge on any atom is 0.264 e. The van der Waals surface area contributed by atoms with Crippen molar-refractivity contribution < 1.29 is 17.0 Å². The molecule has 1 N–H and O–H groups in total. The predicted octanol–water partition coefficient (Wildman–Crippen LogP) is 5.24. The SMILES string of the molecule is CN(C)C(CCOS(C)(=O)=O)(CCC1SCCc2c1[nH]c1ccccc21)c1cccc(F)c1. The van der Waals surface area contributed by atoms with Crippen molar-refractivity contribution in [3.63, 3.8) is 0 Å². The van der Waals surface area contributed by atoms with Crippen LogP contribution in [0.2, 0.25) is 0 Å². The molecule has 0 spiro atoms. The lowest BCUT2D eigenvalue weighted by molar-refractivity contribution is 0.101. The lowest BCUT2D eigenvalue weighted by atomic mass is 9.80. The molecule has 1 aliphatic rings. The molecule has 8 heteroatoms. The van der Waals surface area contributed by atoms with Crippen molar-refractivity contribution in [1.29, 1.82) is 0 Å². The number of halogens is 1. The third kappa shape index (κ3) is 5.29. The van der Waals surface area contributed by atoms with Gasteiger partial charge in [0.15, 0.2) is 0 Å². The lowest BCUT2D eigenvalue weighted by Crippen LogP contribution is -2.43. The van der Waals surface area contributed by atoms with Gasteiger partial charge in [0, 0.05) is 27.4 Å². The number of para-hydroxylation sites is 1. The number of thioether (sulfide) groups is 1. The van der Waals surface area contributed by atoms with Crippen molar-refractivity contribution in [3.8, 4) is 0 Å². The van der Waals surface area contributed by atoms with Crippen LogP contribution in [0.15, 0.2) is 48.5 Å². The molecule has 0 radical (unpaired) electrons. The number of H-pyrrole nitrogens is 1. The fourth-order valence-corrected chi connectivity index (χ4v) is 6.65. The summed E-state index contributed by atoms with van der Waals surface area (Å²) in [4.78, 5) is 5.72. The summed E-state index contributed by atoms with van der Waals surface area (Å²) in [6.45, 7) is 0.0446. The van der Waals surface area contributed by atoms with Crippen LogP contribution in [0, 0.1) is 5.82 Å². The van der Waals surface area contributed by atoms with Crippen LogP contribution in [-0.4, -0.2) is 51.0 Å². The number of aryl methyl sites for hydroxylation is 1. The minimum Gasteiger partial charge on any atom is -0.357 e. The largest absolute Gasteiger partial charge is 0.357 e. The van der Waals surface area contributed by atoms with E-state index in [2.05, 4.69) is 34.1 Å². The molecule has 5 nitrogen and oxygen atoms in total. The summed E-state index contributed by atoms with van der Waals surface area (Å²) in [5.41, 5.74) is 4.13. The molecule has 3 aromatic rings. The monoisotopic (exact) mass is 490 g/mol. The second-order valence-corrected chi connectivity index (χ2v) is 11.9. The summed E-state index contributed by atoms with van der Waals surface area (Å²) >= 11 is 1.95. The van der Waals surface area contributed by atoms with Crippen LogP contribution in [0.1, 0.15) is 41.3 Å². The zero-order chi connectivity index (χ0) is 23.6. The van der Waals surface area contributed by atoms with Crippen molar-refractivity contribution >= 4 is 32.8 Å². The number of hydrogen-bond donors (Lipinski definition) is 1. The average molecular weight is 491 g/mol. The van der Waals surface area contributed by atoms with Crippen molar-refractivity contribution in [2.24, 2.45) is 0 Å². The Hall–Kier alpha value is -1.87. The van der Waals surface area contributed by atoms with Gasteiger partial charge in [-0.3, -0.25) is 9.08 Å². The van der Waals surface area contributed by atoms with Gasteiger partial charge in [-0.25, -0.2) is 4.39 Å². The van der Waals surface area contributed by atoms with E-state index in [1.165, 1.54) is 28.2 Å². The second kappa shape index (κ2) is 9.78. The number of benzene rings is 2. The van der Waals surface area contributed by atoms with Gasteiger partial charge in [0.1, 0.15) is 5.82 Å². The fourth-order valence-electron chi connectivity index (χ4n) is 5.01. The van der Waals surface area contributed by atoms with E-state index in [9.17, 15) is 12.8 Å². The third-order valence-corrected chi connectivity index (χ3v) is 8.60. The van der Waals surface area contributed by atoms with Gasteiger partial charge >= 0.3 is 0 Å². The summed E-state index contributed by atoms with van der Waals surface area (Å²) in [5, 5.41) is 1.59. The highest BCUT2D eigenvalue weighted by Gasteiger charge is 2.37. The molecule has 2 atom stereocenters. The predicted molar refractivity (Wildman–Crippen MR) is 134 cm³/mol. The molecule has 33 heavy (non-hydrogen) atoms. The number of nitrogens with zero attached hydrogens (tertiary/aromatic N) is 1. The minimum absolute atomic E-state index is 0.0446. The molecule has 178 valence electrons. The molecule has 1 aromatic heterocycles. The summed E-state index contributed by atoms with van der Waals surface area (Å²) in [5.74, 6) is 0.763. The first-order valence-corrected chi connectivity index (χ1v) is 14.0. The van der Waals surface area contributed by atoms with E-state index in [0.29, 0.717) is 11.7 Å². The lowest BCUT2D eigenvalue weighted by Gasteiger charge is -2.42. The van der Waals surface area contributed by atoms with Gasteiger partial charge in [-0.1, -0.05) is 30.3 Å². The molecule has 0 aliphatic carbocycles. The number of rotatable bonds is 9. The van der Waals surface area contributed by atoms with Crippen LogP contribution in [0.3, 0.4) is 0 Å². The number of fused-ring (bicyclic) bond motifs is 3. The quantitative estimate of drug-likeness (QED) is 0.416. The van der Waals surface area contributed by atoms with E-state index in [4.69, 9.17) is 4.18 Å². The number of aromatic nitrogens is 1. The Bertz CT molecular complexity index is 1230. The van der Waals surface area contributed by atoms with E-state index in [1.807, 2.05) is 31.9 Å². The fraction of sp³-hybridized carbons (Fsp3) is 0.440. The minimum atomic E-state index is -3.55. The van der Waals surface area contributed by atoms with Gasteiger partial charge in [0.05, 0.1) is 12.9 Å². The van der Waals surface area contributed by atoms with Gasteiger partial charge in [-0.15, -0.1) is 0 Å². The summed E-state index contributed by atoms with van der Waals surface area (Å²) in [7, 11) is 0.377. The Morgan fingerprint density at radius 1 is 1.18 bits per heavy atom. The smallest absolute Gasteiger partial charge is 0.264 e. The summed E-state index contributed by atoms with van der Waals surface area (Å²) in [6, 6.07) is 15.1. The molecule has 1 aliphatic heterocycles. The van der Waals surface area contributed by atoms with Crippen molar-refractivity contribution in [1.82, 2.24) is 9.88 Å². The average Bonchev–Trinajstić information content (AvgIpc) is 3.14. The highest BCUT2D eigenvalue weighted by atomic mass is 32.2. The molecule has 0 bridgehead atoms. The van der Waals surface area contributed by atoms with Crippen LogP contribution < -0.4 is 0 Å². The van der Waals surface area contributed by atoms with Crippen LogP contribution in [0.25, 0.3) is 10.9 Å². The zero-order valence-electron chi connectivity index (χ0n) is 19.3. The van der Waals surface area contributed by atoms with Gasteiger partial charge < -0.3 is 4.98 Å². The zero-order valence-corrected chi connectivity index (χ0v) is 20.9. The van der Waals surface area contributed by atoms with E-state index >= 15 is 0 Å². The Morgan fingerprint density at radius 2 is 1.97 bits per heavy atom. The molecule has 2 unspecified atom stereocenters. The summed E-state index contributed by atoms with van der Waals surface area (Å²) < 4.78 is 42.5. The van der Waals surface area contributed by atoms with E-state index < -0.39 is 15.7 Å². The van der Waals surface area contributed by atoms with Crippen LogP contribution in [0.5, 0.6) is 0 Å². The summed E-state index contributed by atoms with van der Waals surface area (Å²) in [6.07, 6.45) is 4.16. The highest BCUT2D eigenvalue weighted by Crippen LogP contribution is 2.46. The Balaban J connectivity index is 1.64. The Kier molecular flexibility index (Phi) is 7.19. The first-order valence-electron chi connectivity index (χ1n) is 11.2. The van der Waals surface area contributed by atoms with Crippen molar-refractivity contribution in [2.45, 2.75) is 36.5 Å². The van der Waals surface area contributed by atoms with E-state index in [-0.39, 0.29) is 12.4 Å². The van der Waals surface area contributed by atoms with Crippen LogP contribution in [-0.2, 0) is 26.3 Å². The van der Waals surface area contributed by atoms with Gasteiger partial charge in [-0.2, -0.15) is 20.2 Å². The first kappa shape index (κ1) is 24.3. The normalized spacial score (nSPS) is 18.4. The van der Waals surface area contributed by atoms with Gasteiger partial charge in [-0.05, 0) is 74.9 Å². The van der Waals surface area contributed by atoms with Gasteiger partial charge in [0.2, 0.25) is 0 Å². The molecule has 0 fully saturated rings. The van der Waals surface area contributed by atoms with Gasteiger partial charge in [0.25, 0.3) is 10.1 Å². The molecular weight excluding hydrogens is 459 g/mol.